The van der Waals surface area contributed by atoms with Crippen LogP contribution in [-0.2, 0) is 4.79 Å². The van der Waals surface area contributed by atoms with Gasteiger partial charge in [-0.1, -0.05) is 28.4 Å². The van der Waals surface area contributed by atoms with Crippen molar-refractivity contribution >= 4 is 29.2 Å². The number of pyridine rings is 1. The lowest BCUT2D eigenvalue weighted by atomic mass is 10.0. The largest absolute Gasteiger partial charge is 0.480 e. The lowest BCUT2D eigenvalue weighted by molar-refractivity contribution is -0.141. The van der Waals surface area contributed by atoms with Gasteiger partial charge < -0.3 is 5.11 Å². The molecule has 9 heteroatoms. The van der Waals surface area contributed by atoms with Crippen LogP contribution in [0.2, 0.25) is 10.2 Å². The van der Waals surface area contributed by atoms with Gasteiger partial charge in [-0.05, 0) is 42.2 Å². The zero-order chi connectivity index (χ0) is 18.9. The van der Waals surface area contributed by atoms with Crippen LogP contribution < -0.4 is 5.56 Å². The molecule has 0 bridgehead atoms. The van der Waals surface area contributed by atoms with Crippen LogP contribution in [0.4, 0.5) is 0 Å². The number of carbonyl (C=O) groups is 1. The van der Waals surface area contributed by atoms with Gasteiger partial charge in [0.25, 0.3) is 5.56 Å². The zero-order valence-corrected chi connectivity index (χ0v) is 15.2. The number of fused-ring (bicyclic) bond motifs is 3. The van der Waals surface area contributed by atoms with E-state index < -0.39 is 12.0 Å². The van der Waals surface area contributed by atoms with Gasteiger partial charge in [-0.2, -0.15) is 0 Å². The Morgan fingerprint density at radius 1 is 1.22 bits per heavy atom. The number of aromatic nitrogens is 4. The fraction of sp³-hybridized carbons (Fsp3) is 0.222. The average molecular weight is 403 g/mol. The molecule has 1 aliphatic heterocycles. The van der Waals surface area contributed by atoms with Gasteiger partial charge in [0.1, 0.15) is 6.04 Å². The first-order valence-electron chi connectivity index (χ1n) is 8.31. The fourth-order valence-electron chi connectivity index (χ4n) is 4.03. The standard InChI is InChI=1S/C18H12Cl2N4O3/c19-9-1-2-13(23-7-15(20)21-22-23)10(5-9)8-3-14-11-6-12(11)17(18(26)27)24(14)16(25)4-8/h1-5,7,11-12,17H,6H2,(H,26,27)/t11-,12+,17+/m1/s1. The molecule has 0 amide bonds. The second-order valence-corrected chi connectivity index (χ2v) is 7.64. The molecule has 1 saturated carbocycles. The van der Waals surface area contributed by atoms with Crippen molar-refractivity contribution in [1.29, 1.82) is 0 Å². The highest BCUT2D eigenvalue weighted by Gasteiger charge is 2.55. The van der Waals surface area contributed by atoms with Crippen LogP contribution in [0.15, 0.2) is 41.3 Å². The van der Waals surface area contributed by atoms with Crippen LogP contribution in [-0.4, -0.2) is 30.6 Å². The third-order valence-corrected chi connectivity index (χ3v) is 5.64. The molecule has 2 aliphatic rings. The maximum atomic E-state index is 12.7. The number of rotatable bonds is 3. The monoisotopic (exact) mass is 402 g/mol. The van der Waals surface area contributed by atoms with Gasteiger partial charge in [-0.25, -0.2) is 9.48 Å². The summed E-state index contributed by atoms with van der Waals surface area (Å²) in [5, 5.41) is 18.0. The summed E-state index contributed by atoms with van der Waals surface area (Å²) in [5.41, 5.74) is 2.46. The van der Waals surface area contributed by atoms with Crippen LogP contribution in [0, 0.1) is 5.92 Å². The SMILES string of the molecule is O=C(O)[C@@H]1[C@H]2C[C@H]2c2cc(-c3cc(Cl)ccc3-n3cc(Cl)nn3)cc(=O)n21. The second kappa shape index (κ2) is 5.68. The van der Waals surface area contributed by atoms with Crippen molar-refractivity contribution in [2.24, 2.45) is 5.92 Å². The topological polar surface area (TPSA) is 90.0 Å². The van der Waals surface area contributed by atoms with Crippen molar-refractivity contribution in [2.45, 2.75) is 18.4 Å². The molecule has 0 radical (unpaired) electrons. The molecule has 0 spiro atoms. The van der Waals surface area contributed by atoms with E-state index in [1.165, 1.54) is 15.3 Å². The van der Waals surface area contributed by atoms with E-state index in [0.717, 1.165) is 12.1 Å². The van der Waals surface area contributed by atoms with E-state index in [0.29, 0.717) is 21.8 Å². The van der Waals surface area contributed by atoms with Gasteiger partial charge in [0.2, 0.25) is 0 Å². The number of carboxylic acid groups (broad SMARTS) is 1. The van der Waals surface area contributed by atoms with Crippen LogP contribution in [0.1, 0.15) is 24.1 Å². The Balaban J connectivity index is 1.71. The summed E-state index contributed by atoms with van der Waals surface area (Å²) in [7, 11) is 0. The zero-order valence-electron chi connectivity index (χ0n) is 13.7. The van der Waals surface area contributed by atoms with Crippen molar-refractivity contribution in [2.75, 3.05) is 0 Å². The molecule has 3 atom stereocenters. The minimum absolute atomic E-state index is 0.00148. The number of hydrogen-bond acceptors (Lipinski definition) is 4. The second-order valence-electron chi connectivity index (χ2n) is 6.81. The lowest BCUT2D eigenvalue weighted by Gasteiger charge is -2.16. The number of hydrogen-bond donors (Lipinski definition) is 1. The van der Waals surface area contributed by atoms with Gasteiger partial charge >= 0.3 is 5.97 Å². The van der Waals surface area contributed by atoms with Crippen LogP contribution in [0.5, 0.6) is 0 Å². The minimum atomic E-state index is -0.961. The van der Waals surface area contributed by atoms with Gasteiger partial charge in [-0.15, -0.1) is 5.10 Å². The summed E-state index contributed by atoms with van der Waals surface area (Å²) >= 11 is 12.1. The fourth-order valence-corrected chi connectivity index (χ4v) is 4.33. The van der Waals surface area contributed by atoms with Gasteiger partial charge in [0.15, 0.2) is 5.15 Å². The normalized spacial score (nSPS) is 22.4. The van der Waals surface area contributed by atoms with Crippen molar-refractivity contribution in [1.82, 2.24) is 19.6 Å². The third-order valence-electron chi connectivity index (χ3n) is 5.24. The first-order chi connectivity index (χ1) is 12.9. The summed E-state index contributed by atoms with van der Waals surface area (Å²) in [6.07, 6.45) is 2.35. The van der Waals surface area contributed by atoms with E-state index >= 15 is 0 Å². The predicted octanol–water partition coefficient (Wildman–Crippen LogP) is 3.15. The smallest absolute Gasteiger partial charge is 0.327 e. The van der Waals surface area contributed by atoms with Gasteiger partial charge in [-0.3, -0.25) is 9.36 Å². The number of benzene rings is 1. The Kier molecular flexibility index (Phi) is 3.47. The van der Waals surface area contributed by atoms with Crippen LogP contribution in [0.25, 0.3) is 16.8 Å². The van der Waals surface area contributed by atoms with E-state index in [9.17, 15) is 14.7 Å². The minimum Gasteiger partial charge on any atom is -0.480 e. The molecular weight excluding hydrogens is 391 g/mol. The predicted molar refractivity (Wildman–Crippen MR) is 98.6 cm³/mol. The van der Waals surface area contributed by atoms with E-state index in [1.54, 1.807) is 24.4 Å². The molecule has 2 aromatic heterocycles. The molecular formula is C18H12Cl2N4O3. The molecule has 0 saturated heterocycles. The summed E-state index contributed by atoms with van der Waals surface area (Å²) in [6, 6.07) is 7.77. The maximum absolute atomic E-state index is 12.7. The lowest BCUT2D eigenvalue weighted by Crippen LogP contribution is -2.29. The molecule has 1 N–H and O–H groups in total. The van der Waals surface area contributed by atoms with E-state index in [2.05, 4.69) is 10.3 Å². The molecule has 3 aromatic rings. The summed E-state index contributed by atoms with van der Waals surface area (Å²) in [5.74, 6) is -0.850. The molecule has 1 fully saturated rings. The van der Waals surface area contributed by atoms with Crippen LogP contribution in [0.3, 0.4) is 0 Å². The highest BCUT2D eigenvalue weighted by molar-refractivity contribution is 6.31. The van der Waals surface area contributed by atoms with E-state index in [1.807, 2.05) is 6.07 Å². The number of halogens is 2. The molecule has 27 heavy (non-hydrogen) atoms. The molecule has 1 aromatic carbocycles. The van der Waals surface area contributed by atoms with E-state index in [4.69, 9.17) is 23.2 Å². The number of carboxylic acids is 1. The Bertz CT molecular complexity index is 1170. The van der Waals surface area contributed by atoms with Crippen molar-refractivity contribution < 1.29 is 9.90 Å². The first-order valence-corrected chi connectivity index (χ1v) is 9.07. The summed E-state index contributed by atoms with van der Waals surface area (Å²) in [4.78, 5) is 24.3. The Hall–Kier alpha value is -2.64. The van der Waals surface area contributed by atoms with Crippen molar-refractivity contribution in [3.63, 3.8) is 0 Å². The molecule has 136 valence electrons. The summed E-state index contributed by atoms with van der Waals surface area (Å²) < 4.78 is 2.92. The Morgan fingerprint density at radius 2 is 2.04 bits per heavy atom. The van der Waals surface area contributed by atoms with Crippen molar-refractivity contribution in [3.05, 3.63) is 62.8 Å². The average Bonchev–Trinajstić information content (AvgIpc) is 3.16. The quantitative estimate of drug-likeness (QED) is 0.726. The van der Waals surface area contributed by atoms with Gasteiger partial charge in [0.05, 0.1) is 11.9 Å². The first kappa shape index (κ1) is 16.5. The highest BCUT2D eigenvalue weighted by Crippen LogP contribution is 2.59. The molecule has 3 heterocycles. The highest BCUT2D eigenvalue weighted by atomic mass is 35.5. The van der Waals surface area contributed by atoms with E-state index in [-0.39, 0.29) is 22.5 Å². The molecule has 0 unspecified atom stereocenters. The molecule has 5 rings (SSSR count). The summed E-state index contributed by atoms with van der Waals surface area (Å²) in [6.45, 7) is 0. The molecule has 7 nitrogen and oxygen atoms in total. The third kappa shape index (κ3) is 2.49. The van der Waals surface area contributed by atoms with Crippen molar-refractivity contribution in [3.8, 4) is 16.8 Å². The Labute approximate surface area is 162 Å². The van der Waals surface area contributed by atoms with Gasteiger partial charge in [0, 0.05) is 28.3 Å². The number of nitrogens with zero attached hydrogens (tertiary/aromatic N) is 4. The maximum Gasteiger partial charge on any atom is 0.327 e. The number of aliphatic carboxylic acids is 1. The molecule has 1 aliphatic carbocycles. The van der Waals surface area contributed by atoms with Crippen LogP contribution >= 0.6 is 23.2 Å². The Morgan fingerprint density at radius 3 is 2.74 bits per heavy atom.